The predicted molar refractivity (Wildman–Crippen MR) is 76.5 cm³/mol. The highest BCUT2D eigenvalue weighted by Gasteiger charge is 2.14. The zero-order chi connectivity index (χ0) is 14.7. The van der Waals surface area contributed by atoms with Crippen molar-refractivity contribution in [3.8, 4) is 5.75 Å². The van der Waals surface area contributed by atoms with E-state index in [1.165, 1.54) is 19.2 Å². The van der Waals surface area contributed by atoms with Crippen LogP contribution in [0, 0.1) is 12.7 Å². The summed E-state index contributed by atoms with van der Waals surface area (Å²) in [4.78, 5) is 12.1. The largest absolute Gasteiger partial charge is 0.495 e. The van der Waals surface area contributed by atoms with Gasteiger partial charge in [0.05, 0.1) is 18.4 Å². The van der Waals surface area contributed by atoms with Crippen LogP contribution in [0.15, 0.2) is 36.4 Å². The Bertz CT molecular complexity index is 656. The first-order valence-corrected chi connectivity index (χ1v) is 6.02. The molecule has 1 amide bonds. The molecule has 20 heavy (non-hydrogen) atoms. The van der Waals surface area contributed by atoms with Gasteiger partial charge >= 0.3 is 0 Å². The summed E-state index contributed by atoms with van der Waals surface area (Å²) in [6.07, 6.45) is 0. The molecule has 0 bridgehead atoms. The molecular formula is C15H15FN2O2. The fourth-order valence-corrected chi connectivity index (χ4v) is 1.83. The van der Waals surface area contributed by atoms with Crippen molar-refractivity contribution in [2.24, 2.45) is 0 Å². The maximum atomic E-state index is 13.6. The molecule has 3 N–H and O–H groups in total. The van der Waals surface area contributed by atoms with Crippen molar-refractivity contribution in [3.63, 3.8) is 0 Å². The Labute approximate surface area is 116 Å². The first-order valence-electron chi connectivity index (χ1n) is 6.02. The number of halogens is 1. The van der Waals surface area contributed by atoms with Crippen LogP contribution in [0.4, 0.5) is 15.8 Å². The molecule has 0 radical (unpaired) electrons. The average Bonchev–Trinajstić information content (AvgIpc) is 2.41. The van der Waals surface area contributed by atoms with Crippen molar-refractivity contribution >= 4 is 17.3 Å². The molecular weight excluding hydrogens is 259 g/mol. The van der Waals surface area contributed by atoms with E-state index in [0.29, 0.717) is 17.1 Å². The van der Waals surface area contributed by atoms with Crippen molar-refractivity contribution in [3.05, 3.63) is 53.3 Å². The highest BCUT2D eigenvalue weighted by molar-refractivity contribution is 6.05. The third-order valence-corrected chi connectivity index (χ3v) is 2.84. The summed E-state index contributed by atoms with van der Waals surface area (Å²) in [6.45, 7) is 1.89. The van der Waals surface area contributed by atoms with E-state index in [1.807, 2.05) is 13.0 Å². The van der Waals surface area contributed by atoms with Crippen LogP contribution >= 0.6 is 0 Å². The van der Waals surface area contributed by atoms with Crippen molar-refractivity contribution in [2.75, 3.05) is 18.2 Å². The molecule has 5 heteroatoms. The van der Waals surface area contributed by atoms with Crippen LogP contribution in [0.25, 0.3) is 0 Å². The van der Waals surface area contributed by atoms with E-state index in [2.05, 4.69) is 5.32 Å². The lowest BCUT2D eigenvalue weighted by Gasteiger charge is -2.11. The lowest BCUT2D eigenvalue weighted by molar-refractivity contribution is 0.102. The minimum absolute atomic E-state index is 0.103. The Balaban J connectivity index is 2.32. The molecule has 0 saturated carbocycles. The first kappa shape index (κ1) is 13.9. The number of hydrogen-bond donors (Lipinski definition) is 2. The lowest BCUT2D eigenvalue weighted by atomic mass is 10.1. The van der Waals surface area contributed by atoms with E-state index in [4.69, 9.17) is 10.5 Å². The summed E-state index contributed by atoms with van der Waals surface area (Å²) in [6, 6.07) is 9.21. The van der Waals surface area contributed by atoms with E-state index in [1.54, 1.807) is 12.1 Å². The molecule has 0 fully saturated rings. The summed E-state index contributed by atoms with van der Waals surface area (Å²) in [5.74, 6) is -0.685. The molecule has 0 aliphatic rings. The van der Waals surface area contributed by atoms with Gasteiger partial charge in [-0.15, -0.1) is 0 Å². The highest BCUT2D eigenvalue weighted by Crippen LogP contribution is 2.26. The molecule has 2 rings (SSSR count). The number of amides is 1. The minimum Gasteiger partial charge on any atom is -0.495 e. The number of nitrogen functional groups attached to an aromatic ring is 1. The maximum Gasteiger partial charge on any atom is 0.258 e. The number of hydrogen-bond acceptors (Lipinski definition) is 3. The van der Waals surface area contributed by atoms with Crippen LogP contribution in [-0.2, 0) is 0 Å². The van der Waals surface area contributed by atoms with E-state index < -0.39 is 11.7 Å². The number of carbonyl (C=O) groups excluding carboxylic acids is 1. The van der Waals surface area contributed by atoms with Gasteiger partial charge in [-0.3, -0.25) is 4.79 Å². The topological polar surface area (TPSA) is 64.3 Å². The average molecular weight is 274 g/mol. The molecule has 0 atom stereocenters. The predicted octanol–water partition coefficient (Wildman–Crippen LogP) is 2.98. The Kier molecular flexibility index (Phi) is 3.89. The van der Waals surface area contributed by atoms with Crippen LogP contribution < -0.4 is 15.8 Å². The van der Waals surface area contributed by atoms with Crippen molar-refractivity contribution in [1.29, 1.82) is 0 Å². The summed E-state index contributed by atoms with van der Waals surface area (Å²) >= 11 is 0. The molecule has 0 aromatic heterocycles. The second-order valence-corrected chi connectivity index (χ2v) is 4.40. The first-order chi connectivity index (χ1) is 9.51. The van der Waals surface area contributed by atoms with Gasteiger partial charge in [0.15, 0.2) is 0 Å². The molecule has 0 heterocycles. The third kappa shape index (κ3) is 2.88. The van der Waals surface area contributed by atoms with E-state index in [9.17, 15) is 9.18 Å². The number of rotatable bonds is 3. The van der Waals surface area contributed by atoms with Gasteiger partial charge in [0.2, 0.25) is 0 Å². The molecule has 0 unspecified atom stereocenters. The molecule has 0 spiro atoms. The van der Waals surface area contributed by atoms with E-state index >= 15 is 0 Å². The summed E-state index contributed by atoms with van der Waals surface area (Å²) in [5.41, 5.74) is 7.23. The molecule has 4 nitrogen and oxygen atoms in total. The van der Waals surface area contributed by atoms with Gasteiger partial charge in [0.25, 0.3) is 5.91 Å². The fraction of sp³-hybridized carbons (Fsp3) is 0.133. The summed E-state index contributed by atoms with van der Waals surface area (Å²) < 4.78 is 18.8. The molecule has 2 aromatic carbocycles. The number of ether oxygens (including phenoxy) is 1. The Morgan fingerprint density at radius 1 is 1.25 bits per heavy atom. The second-order valence-electron chi connectivity index (χ2n) is 4.40. The Morgan fingerprint density at radius 2 is 2.00 bits per heavy atom. The SMILES string of the molecule is COc1ccc(C)cc1NC(=O)c1cc(N)ccc1F. The van der Waals surface area contributed by atoms with Gasteiger partial charge in [-0.1, -0.05) is 6.07 Å². The van der Waals surface area contributed by atoms with Crippen LogP contribution in [0.5, 0.6) is 5.75 Å². The summed E-state index contributed by atoms with van der Waals surface area (Å²) in [7, 11) is 1.50. The molecule has 104 valence electrons. The van der Waals surface area contributed by atoms with Gasteiger partial charge in [0.1, 0.15) is 11.6 Å². The van der Waals surface area contributed by atoms with Gasteiger partial charge in [0, 0.05) is 5.69 Å². The van der Waals surface area contributed by atoms with E-state index in [-0.39, 0.29) is 5.56 Å². The molecule has 0 aliphatic heterocycles. The van der Waals surface area contributed by atoms with Gasteiger partial charge in [-0.05, 0) is 42.8 Å². The van der Waals surface area contributed by atoms with Gasteiger partial charge in [-0.25, -0.2) is 4.39 Å². The lowest BCUT2D eigenvalue weighted by Crippen LogP contribution is -2.15. The zero-order valence-corrected chi connectivity index (χ0v) is 11.2. The van der Waals surface area contributed by atoms with Crippen molar-refractivity contribution in [2.45, 2.75) is 6.92 Å². The molecule has 0 aliphatic carbocycles. The van der Waals surface area contributed by atoms with Gasteiger partial charge < -0.3 is 15.8 Å². The Morgan fingerprint density at radius 3 is 2.70 bits per heavy atom. The number of nitrogens with one attached hydrogen (secondary N) is 1. The van der Waals surface area contributed by atoms with E-state index in [0.717, 1.165) is 11.6 Å². The van der Waals surface area contributed by atoms with Crippen LogP contribution in [0.1, 0.15) is 15.9 Å². The standard InChI is InChI=1S/C15H15FN2O2/c1-9-3-6-14(20-2)13(7-9)18-15(19)11-8-10(17)4-5-12(11)16/h3-8H,17H2,1-2H3,(H,18,19). The normalized spacial score (nSPS) is 10.2. The number of methoxy groups -OCH3 is 1. The maximum absolute atomic E-state index is 13.6. The minimum atomic E-state index is -0.622. The van der Waals surface area contributed by atoms with Crippen molar-refractivity contribution < 1.29 is 13.9 Å². The quantitative estimate of drug-likeness (QED) is 0.846. The smallest absolute Gasteiger partial charge is 0.258 e. The number of carbonyl (C=O) groups is 1. The molecule has 0 saturated heterocycles. The zero-order valence-electron chi connectivity index (χ0n) is 11.2. The monoisotopic (exact) mass is 274 g/mol. The van der Waals surface area contributed by atoms with Crippen LogP contribution in [0.3, 0.4) is 0 Å². The number of aryl methyl sites for hydroxylation is 1. The highest BCUT2D eigenvalue weighted by atomic mass is 19.1. The Hall–Kier alpha value is -2.56. The number of benzene rings is 2. The van der Waals surface area contributed by atoms with Crippen molar-refractivity contribution in [1.82, 2.24) is 0 Å². The third-order valence-electron chi connectivity index (χ3n) is 2.84. The number of anilines is 2. The molecule has 2 aromatic rings. The van der Waals surface area contributed by atoms with Crippen LogP contribution in [-0.4, -0.2) is 13.0 Å². The van der Waals surface area contributed by atoms with Crippen LogP contribution in [0.2, 0.25) is 0 Å². The number of nitrogens with two attached hydrogens (primary N) is 1. The van der Waals surface area contributed by atoms with Gasteiger partial charge in [-0.2, -0.15) is 0 Å². The summed E-state index contributed by atoms with van der Waals surface area (Å²) in [5, 5.41) is 2.63. The fourth-order valence-electron chi connectivity index (χ4n) is 1.83. The second kappa shape index (κ2) is 5.61.